The Kier molecular flexibility index (Phi) is 22.7. The maximum atomic E-state index is 14.3. The second kappa shape index (κ2) is 26.3. The highest BCUT2D eigenvalue weighted by molar-refractivity contribution is 6.39. The van der Waals surface area contributed by atoms with Crippen molar-refractivity contribution in [3.63, 3.8) is 0 Å². The largest absolute Gasteiger partial charge is 0.460 e. The number of nitrogens with zero attached hydrogens (tertiary/aromatic N) is 1. The van der Waals surface area contributed by atoms with Crippen LogP contribution in [0.2, 0.25) is 0 Å². The number of ether oxygens (including phenoxy) is 3. The summed E-state index contributed by atoms with van der Waals surface area (Å²) in [5, 5.41) is 33.9. The van der Waals surface area contributed by atoms with E-state index in [2.05, 4.69) is 13.8 Å². The van der Waals surface area contributed by atoms with Crippen molar-refractivity contribution in [2.45, 2.75) is 183 Å². The molecule has 3 aliphatic rings. The number of aliphatic hydroxyl groups is 3. The van der Waals surface area contributed by atoms with Gasteiger partial charge in [0.15, 0.2) is 0 Å². The molecule has 1 amide bonds. The van der Waals surface area contributed by atoms with E-state index >= 15 is 0 Å². The van der Waals surface area contributed by atoms with E-state index in [9.17, 15) is 39.3 Å². The number of carbonyl (C=O) groups excluding carboxylic acids is 5. The molecule has 12 heteroatoms. The highest BCUT2D eigenvalue weighted by Gasteiger charge is 2.48. The van der Waals surface area contributed by atoms with E-state index in [0.29, 0.717) is 50.0 Å². The summed E-state index contributed by atoms with van der Waals surface area (Å²) in [6.45, 7) is 18.9. The lowest BCUT2D eigenvalue weighted by Gasteiger charge is -2.38. The number of aliphatic hydroxyl groups excluding tert-OH is 1. The lowest BCUT2D eigenvalue weighted by atomic mass is 9.76. The van der Waals surface area contributed by atoms with Gasteiger partial charge in [-0.15, -0.1) is 0 Å². The molecule has 0 aromatic carbocycles. The Balaban J connectivity index is 1.98. The molecule has 2 aliphatic heterocycles. The Morgan fingerprint density at radius 3 is 2.18 bits per heavy atom. The second-order valence-electron chi connectivity index (χ2n) is 20.5. The van der Waals surface area contributed by atoms with E-state index in [0.717, 1.165) is 29.7 Å². The topological polar surface area (TPSA) is 177 Å². The molecule has 2 fully saturated rings. The van der Waals surface area contributed by atoms with Crippen LogP contribution in [0.25, 0.3) is 0 Å². The normalized spacial score (nSPS) is 37.7. The molecule has 368 valence electrons. The van der Waals surface area contributed by atoms with Crippen LogP contribution in [0.3, 0.4) is 0 Å². The van der Waals surface area contributed by atoms with Crippen LogP contribution in [0.1, 0.15) is 146 Å². The zero-order valence-corrected chi connectivity index (χ0v) is 41.8. The van der Waals surface area contributed by atoms with Crippen molar-refractivity contribution in [1.82, 2.24) is 4.90 Å². The maximum absolute atomic E-state index is 14.3. The summed E-state index contributed by atoms with van der Waals surface area (Å²) in [4.78, 5) is 70.7. The molecule has 1 saturated carbocycles. The monoisotopic (exact) mass is 912 g/mol. The molecular weight excluding hydrogens is 827 g/mol. The second-order valence-corrected chi connectivity index (χ2v) is 20.5. The van der Waals surface area contributed by atoms with Gasteiger partial charge in [0.2, 0.25) is 5.79 Å². The molecule has 0 aromatic rings. The minimum absolute atomic E-state index is 0.0579. The number of rotatable bonds is 5. The number of ketones is 3. The molecule has 14 atom stereocenters. The summed E-state index contributed by atoms with van der Waals surface area (Å²) in [6.07, 6.45) is 16.2. The van der Waals surface area contributed by atoms with Crippen LogP contribution < -0.4 is 0 Å². The zero-order chi connectivity index (χ0) is 48.8. The average Bonchev–Trinajstić information content (AvgIpc) is 3.28. The molecule has 3 rings (SSSR count). The molecule has 2 heterocycles. The third-order valence-electron chi connectivity index (χ3n) is 14.9. The van der Waals surface area contributed by atoms with E-state index in [-0.39, 0.29) is 79.2 Å². The number of allylic oxidation sites excluding steroid dienone is 6. The number of esters is 1. The molecule has 0 spiro atoms. The van der Waals surface area contributed by atoms with Crippen molar-refractivity contribution < 1.29 is 53.5 Å². The number of fused-ring (bicyclic) bond motifs is 1. The van der Waals surface area contributed by atoms with Gasteiger partial charge in [0, 0.05) is 50.9 Å². The first kappa shape index (κ1) is 56.0. The van der Waals surface area contributed by atoms with Crippen LogP contribution in [0.5, 0.6) is 0 Å². The van der Waals surface area contributed by atoms with E-state index in [1.807, 2.05) is 58.1 Å². The van der Waals surface area contributed by atoms with Crippen LogP contribution in [0.15, 0.2) is 47.6 Å². The van der Waals surface area contributed by atoms with Crippen molar-refractivity contribution in [1.29, 1.82) is 0 Å². The predicted molar refractivity (Wildman–Crippen MR) is 253 cm³/mol. The summed E-state index contributed by atoms with van der Waals surface area (Å²) in [5.41, 5.74) is 1.51. The maximum Gasteiger partial charge on any atom is 0.329 e. The summed E-state index contributed by atoms with van der Waals surface area (Å²) in [6, 6.07) is -1.15. The molecule has 65 heavy (non-hydrogen) atoms. The zero-order valence-electron chi connectivity index (χ0n) is 41.8. The van der Waals surface area contributed by atoms with Gasteiger partial charge in [-0.1, -0.05) is 98.3 Å². The summed E-state index contributed by atoms with van der Waals surface area (Å²) < 4.78 is 17.9. The van der Waals surface area contributed by atoms with Crippen LogP contribution >= 0.6 is 0 Å². The number of amides is 1. The van der Waals surface area contributed by atoms with Crippen LogP contribution in [-0.4, -0.2) is 106 Å². The van der Waals surface area contributed by atoms with Gasteiger partial charge in [-0.25, -0.2) is 4.79 Å². The number of Topliss-reactive ketones (excluding diaryl/α,β-unsaturated/α-hetero) is 3. The third-order valence-corrected chi connectivity index (χ3v) is 14.9. The van der Waals surface area contributed by atoms with E-state index in [4.69, 9.17) is 14.2 Å². The van der Waals surface area contributed by atoms with E-state index in [1.54, 1.807) is 41.1 Å². The van der Waals surface area contributed by atoms with Gasteiger partial charge >= 0.3 is 5.97 Å². The Morgan fingerprint density at radius 1 is 0.831 bits per heavy atom. The molecule has 12 nitrogen and oxygen atoms in total. The molecule has 0 bridgehead atoms. The smallest absolute Gasteiger partial charge is 0.329 e. The minimum atomic E-state index is -2.96. The third kappa shape index (κ3) is 16.2. The van der Waals surface area contributed by atoms with Crippen molar-refractivity contribution >= 4 is 29.2 Å². The number of cyclic esters (lactones) is 1. The molecule has 3 N–H and O–H groups in total. The highest BCUT2D eigenvalue weighted by Crippen LogP contribution is 2.37. The molecule has 1 saturated heterocycles. The minimum Gasteiger partial charge on any atom is -0.460 e. The van der Waals surface area contributed by atoms with E-state index in [1.165, 1.54) is 6.92 Å². The first-order valence-corrected chi connectivity index (χ1v) is 24.5. The Labute approximate surface area is 390 Å². The molecule has 0 radical (unpaired) electrons. The number of carbonyl (C=O) groups is 5. The lowest BCUT2D eigenvalue weighted by molar-refractivity contribution is -0.205. The molecule has 0 unspecified atom stereocenters. The van der Waals surface area contributed by atoms with Gasteiger partial charge in [-0.05, 0) is 119 Å². The number of hydrogen-bond acceptors (Lipinski definition) is 11. The molecular formula is C53H85NO11. The van der Waals surface area contributed by atoms with Gasteiger partial charge in [0.1, 0.15) is 23.7 Å². The van der Waals surface area contributed by atoms with E-state index < -0.39 is 59.5 Å². The average molecular weight is 912 g/mol. The van der Waals surface area contributed by atoms with Crippen molar-refractivity contribution in [2.75, 3.05) is 20.8 Å². The highest BCUT2D eigenvalue weighted by atomic mass is 16.5. The number of methoxy groups -OCH3 is 2. The fourth-order valence-corrected chi connectivity index (χ4v) is 10.1. The fraction of sp³-hybridized carbons (Fsp3) is 0.755. The van der Waals surface area contributed by atoms with Crippen LogP contribution in [-0.2, 0) is 38.2 Å². The van der Waals surface area contributed by atoms with Gasteiger partial charge in [0.05, 0.1) is 18.3 Å². The van der Waals surface area contributed by atoms with Crippen molar-refractivity contribution in [2.24, 2.45) is 53.3 Å². The number of piperidine rings is 1. The number of hydrogen-bond donors (Lipinski definition) is 3. The predicted octanol–water partition coefficient (Wildman–Crippen LogP) is 8.31. The standard InChI is InChI=1S/C53H85NO11/c1-32-18-14-13-15-19-34(3)45(63-11)27-33(2)21-23-40(9)53(61,62)50(58)51(59)54-25-17-16-20-43(54)52(60)65-47(37(6)29-42-24-22-35(4)46(30-42)64-12)31-44(55)36(5)28-39(8)49(57)41(10)48(56)38(7)26-32/h13-15,18-19,28,32-33,35-38,40-43,45-47,49,57,61-62H,16-17,20-27,29-31H2,1-12H3/b15-13+,18-14+,34-19?,39-28+/t32-,33+,35-,36-,37-,38+,40-,41+,42+,43+,45-,46-,47+,49-/m1/s1. The molecule has 0 aromatic heterocycles. The Morgan fingerprint density at radius 2 is 1.52 bits per heavy atom. The van der Waals surface area contributed by atoms with Gasteiger partial charge in [-0.3, -0.25) is 19.2 Å². The SMILES string of the molecule is CO[C@@H]1C[C@@H](C)CC[C@@H](C)C(O)(O)C(=O)C(=O)N2CCCC[C@H]2C(=O)O[C@H]([C@H](C)C[C@@H]2CC[C@@H](C)[C@H](OC)C2)CC(=O)[C@H](C)/C=C(\C)[C@@H](O)[C@@H](C)C(=O)[C@@H](C)C[C@H](C)/C=C/C=C/C=C1C. The fourth-order valence-electron chi connectivity index (χ4n) is 10.1. The molecule has 1 aliphatic carbocycles. The van der Waals surface area contributed by atoms with Gasteiger partial charge in [-0.2, -0.15) is 0 Å². The van der Waals surface area contributed by atoms with Crippen LogP contribution in [0, 0.1) is 53.3 Å². The summed E-state index contributed by atoms with van der Waals surface area (Å²) in [5.74, 6) is -8.59. The first-order valence-electron chi connectivity index (χ1n) is 24.5. The van der Waals surface area contributed by atoms with Crippen LogP contribution in [0.4, 0.5) is 0 Å². The van der Waals surface area contributed by atoms with Gasteiger partial charge < -0.3 is 34.4 Å². The Hall–Kier alpha value is -3.29. The quantitative estimate of drug-likeness (QED) is 0.105. The summed E-state index contributed by atoms with van der Waals surface area (Å²) in [7, 11) is 3.37. The Bertz CT molecular complexity index is 1710. The van der Waals surface area contributed by atoms with Crippen molar-refractivity contribution in [3.05, 3.63) is 47.6 Å². The summed E-state index contributed by atoms with van der Waals surface area (Å²) >= 11 is 0. The van der Waals surface area contributed by atoms with Gasteiger partial charge in [0.25, 0.3) is 11.7 Å². The first-order chi connectivity index (χ1) is 30.5. The van der Waals surface area contributed by atoms with Crippen molar-refractivity contribution in [3.8, 4) is 0 Å². The lowest BCUT2D eigenvalue weighted by Crippen LogP contribution is -2.58.